The van der Waals surface area contributed by atoms with Crippen LogP contribution in [0.5, 0.6) is 0 Å². The van der Waals surface area contributed by atoms with Gasteiger partial charge >= 0.3 is 0 Å². The highest BCUT2D eigenvalue weighted by Gasteiger charge is 2.92. The fraction of sp³-hybridized carbons (Fsp3) is 0.750. The summed E-state index contributed by atoms with van der Waals surface area (Å²) in [4.78, 5) is 0. The Labute approximate surface area is 48.6 Å². The van der Waals surface area contributed by atoms with Crippen LogP contribution >= 0.6 is 0 Å². The van der Waals surface area contributed by atoms with Crippen molar-refractivity contribution in [1.29, 1.82) is 0 Å². The van der Waals surface area contributed by atoms with Crippen LogP contribution in [0.25, 0.3) is 0 Å². The maximum Gasteiger partial charge on any atom is -0.0155 e. The molecule has 3 saturated carbocycles. The zero-order chi connectivity index (χ0) is 4.93. The van der Waals surface area contributed by atoms with Gasteiger partial charge in [0.15, 0.2) is 0 Å². The van der Waals surface area contributed by atoms with Gasteiger partial charge in [-0.15, -0.1) is 0 Å². The van der Waals surface area contributed by atoms with E-state index < -0.39 is 0 Å². The summed E-state index contributed by atoms with van der Waals surface area (Å²) in [5.41, 5.74) is 0.986. The molecule has 2 bridgehead atoms. The molecule has 0 aromatic heterocycles. The lowest BCUT2D eigenvalue weighted by molar-refractivity contribution is 0.480. The molecular weight excluding hydrogens is 96.1 g/mol. The van der Waals surface area contributed by atoms with Crippen molar-refractivity contribution in [2.75, 3.05) is 0 Å². The minimum absolute atomic E-state index is 0.986. The lowest BCUT2D eigenvalue weighted by Gasteiger charge is -2.09. The zero-order valence-corrected chi connectivity index (χ0v) is 4.67. The van der Waals surface area contributed by atoms with Crippen LogP contribution in [0, 0.1) is 29.1 Å². The Morgan fingerprint density at radius 1 is 1.25 bits per heavy atom. The highest BCUT2D eigenvalue weighted by atomic mass is 15.0. The van der Waals surface area contributed by atoms with E-state index in [0.29, 0.717) is 0 Å². The van der Waals surface area contributed by atoms with Crippen molar-refractivity contribution in [1.82, 2.24) is 0 Å². The van der Waals surface area contributed by atoms with Crippen LogP contribution in [0.1, 0.15) is 6.42 Å². The van der Waals surface area contributed by atoms with Gasteiger partial charge < -0.3 is 0 Å². The molecular formula is C8H8. The van der Waals surface area contributed by atoms with Gasteiger partial charge in [-0.1, -0.05) is 12.2 Å². The van der Waals surface area contributed by atoms with Gasteiger partial charge in [-0.3, -0.25) is 0 Å². The number of hydrogen-bond donors (Lipinski definition) is 0. The SMILES string of the molecule is C1=CC2CC23C2C1C23. The molecule has 0 heterocycles. The molecule has 8 heavy (non-hydrogen) atoms. The van der Waals surface area contributed by atoms with Crippen molar-refractivity contribution < 1.29 is 0 Å². The van der Waals surface area contributed by atoms with Gasteiger partial charge in [0.05, 0.1) is 0 Å². The number of hydrogen-bond acceptors (Lipinski definition) is 0. The van der Waals surface area contributed by atoms with Crippen molar-refractivity contribution in [3.05, 3.63) is 12.2 Å². The minimum atomic E-state index is 0.986. The molecule has 0 aromatic rings. The third kappa shape index (κ3) is 0.113. The first-order valence-corrected chi connectivity index (χ1v) is 3.63. The summed E-state index contributed by atoms with van der Waals surface area (Å²) in [7, 11) is 0. The molecule has 5 aliphatic rings. The average Bonchev–Trinajstić information content (AvgIpc) is 2.62. The molecule has 3 fully saturated rings. The van der Waals surface area contributed by atoms with Crippen LogP contribution in [-0.4, -0.2) is 0 Å². The quantitative estimate of drug-likeness (QED) is 0.408. The molecule has 0 heteroatoms. The Morgan fingerprint density at radius 3 is 2.75 bits per heavy atom. The fourth-order valence-corrected chi connectivity index (χ4v) is 3.29. The summed E-state index contributed by atoms with van der Waals surface area (Å²) in [5.74, 6) is 4.60. The third-order valence-electron chi connectivity index (χ3n) is 3.88. The lowest BCUT2D eigenvalue weighted by atomic mass is 9.95. The Kier molecular flexibility index (Phi) is 0.197. The molecule has 0 aromatic carbocycles. The molecule has 5 aliphatic carbocycles. The minimum Gasteiger partial charge on any atom is -0.0845 e. The number of rotatable bonds is 0. The summed E-state index contributed by atoms with van der Waals surface area (Å²) >= 11 is 0. The summed E-state index contributed by atoms with van der Waals surface area (Å²) in [6.45, 7) is 0. The first-order chi connectivity index (χ1) is 3.94. The monoisotopic (exact) mass is 104 g/mol. The van der Waals surface area contributed by atoms with Gasteiger partial charge in [-0.05, 0) is 35.5 Å². The average molecular weight is 104 g/mol. The predicted molar refractivity (Wildman–Crippen MR) is 30.1 cm³/mol. The molecule has 0 aliphatic heterocycles. The van der Waals surface area contributed by atoms with Crippen molar-refractivity contribution in [3.63, 3.8) is 0 Å². The van der Waals surface area contributed by atoms with E-state index in [-0.39, 0.29) is 0 Å². The normalized spacial score (nSPS) is 85.0. The molecule has 3 unspecified atom stereocenters. The Balaban J connectivity index is 2.09. The van der Waals surface area contributed by atoms with E-state index in [9.17, 15) is 0 Å². The highest BCUT2D eigenvalue weighted by molar-refractivity contribution is 5.47. The van der Waals surface area contributed by atoms with E-state index in [0.717, 1.165) is 17.3 Å². The van der Waals surface area contributed by atoms with Gasteiger partial charge in [-0.25, -0.2) is 0 Å². The molecule has 0 N–H and O–H groups in total. The molecule has 40 valence electrons. The topological polar surface area (TPSA) is 0 Å². The predicted octanol–water partition coefficient (Wildman–Crippen LogP) is 1.44. The summed E-state index contributed by atoms with van der Waals surface area (Å²) in [5, 5.41) is 0. The van der Waals surface area contributed by atoms with Crippen LogP contribution in [0.2, 0.25) is 0 Å². The van der Waals surface area contributed by atoms with E-state index in [1.807, 2.05) is 0 Å². The van der Waals surface area contributed by atoms with Gasteiger partial charge in [-0.2, -0.15) is 0 Å². The molecule has 5 rings (SSSR count). The van der Waals surface area contributed by atoms with Gasteiger partial charge in [0.1, 0.15) is 0 Å². The lowest BCUT2D eigenvalue weighted by Crippen LogP contribution is -2.04. The summed E-state index contributed by atoms with van der Waals surface area (Å²) in [6, 6.07) is 0. The first kappa shape index (κ1) is 3.05. The maximum absolute atomic E-state index is 2.47. The van der Waals surface area contributed by atoms with Crippen molar-refractivity contribution in [2.45, 2.75) is 6.42 Å². The second kappa shape index (κ2) is 0.516. The second-order valence-electron chi connectivity index (χ2n) is 3.94. The molecule has 0 radical (unpaired) electrons. The van der Waals surface area contributed by atoms with Crippen LogP contribution < -0.4 is 0 Å². The van der Waals surface area contributed by atoms with E-state index in [2.05, 4.69) is 12.2 Å². The van der Waals surface area contributed by atoms with Crippen molar-refractivity contribution in [2.24, 2.45) is 29.1 Å². The first-order valence-electron chi connectivity index (χ1n) is 3.63. The van der Waals surface area contributed by atoms with E-state index in [1.165, 1.54) is 11.8 Å². The molecule has 0 saturated heterocycles. The molecule has 1 spiro atoms. The van der Waals surface area contributed by atoms with Gasteiger partial charge in [0.25, 0.3) is 0 Å². The van der Waals surface area contributed by atoms with E-state index >= 15 is 0 Å². The standard InChI is InChI=1S/C8H8/c1-2-5-6-7(5)8(6)3-4(1)8/h1-2,4-7H,3H2. The van der Waals surface area contributed by atoms with Crippen LogP contribution in [0.4, 0.5) is 0 Å². The molecule has 0 nitrogen and oxygen atoms in total. The number of allylic oxidation sites excluding steroid dienone is 2. The maximum atomic E-state index is 2.47. The van der Waals surface area contributed by atoms with E-state index in [1.54, 1.807) is 6.42 Å². The van der Waals surface area contributed by atoms with Crippen molar-refractivity contribution >= 4 is 0 Å². The smallest absolute Gasteiger partial charge is 0.0155 e. The second-order valence-corrected chi connectivity index (χ2v) is 3.94. The molecule has 0 amide bonds. The van der Waals surface area contributed by atoms with Crippen LogP contribution in [-0.2, 0) is 0 Å². The Morgan fingerprint density at radius 2 is 2.12 bits per heavy atom. The third-order valence-corrected chi connectivity index (χ3v) is 3.88. The zero-order valence-electron chi connectivity index (χ0n) is 4.67. The van der Waals surface area contributed by atoms with Gasteiger partial charge in [0.2, 0.25) is 0 Å². The molecule has 3 atom stereocenters. The van der Waals surface area contributed by atoms with E-state index in [4.69, 9.17) is 0 Å². The van der Waals surface area contributed by atoms with Crippen molar-refractivity contribution in [3.8, 4) is 0 Å². The largest absolute Gasteiger partial charge is 0.0845 e. The van der Waals surface area contributed by atoms with Gasteiger partial charge in [0, 0.05) is 0 Å². The van der Waals surface area contributed by atoms with Crippen LogP contribution in [0.3, 0.4) is 0 Å². The Hall–Kier alpha value is -0.260. The fourth-order valence-electron chi connectivity index (χ4n) is 3.29. The van der Waals surface area contributed by atoms with Crippen LogP contribution in [0.15, 0.2) is 12.2 Å². The summed E-state index contributed by atoms with van der Waals surface area (Å²) < 4.78 is 0. The Bertz CT molecular complexity index is 204. The summed E-state index contributed by atoms with van der Waals surface area (Å²) in [6.07, 6.45) is 6.49. The highest BCUT2D eigenvalue weighted by Crippen LogP contribution is 2.96.